The van der Waals surface area contributed by atoms with Crippen LogP contribution in [0, 0.1) is 0 Å². The van der Waals surface area contributed by atoms with Gasteiger partial charge in [0.25, 0.3) is 0 Å². The molecule has 0 amide bonds. The number of nitrogens with one attached hydrogen (secondary N) is 1. The Morgan fingerprint density at radius 1 is 0.360 bits per heavy atom. The minimum absolute atomic E-state index is 1.34. The second-order valence-corrected chi connectivity index (χ2v) is 5.91. The first-order valence-corrected chi connectivity index (χ1v) is 8.48. The van der Waals surface area contributed by atoms with Crippen LogP contribution in [-0.2, 0) is 0 Å². The highest BCUT2D eigenvalue weighted by Gasteiger charge is 2.06. The van der Waals surface area contributed by atoms with E-state index in [9.17, 15) is 0 Å². The van der Waals surface area contributed by atoms with Crippen LogP contribution >= 0.6 is 0 Å². The number of benzene rings is 4. The third-order valence-electron chi connectivity index (χ3n) is 4.37. The van der Waals surface area contributed by atoms with Crippen LogP contribution in [0.25, 0.3) is 32.3 Å². The molecule has 1 N–H and O–H groups in total. The SMILES string of the molecule is C1=CC=CNC=C1.c1ccc2c(c1)c1ccccc1c1ccccc21. The molecule has 0 unspecified atom stereocenters. The van der Waals surface area contributed by atoms with Crippen LogP contribution in [0.1, 0.15) is 0 Å². The molecule has 0 spiro atoms. The van der Waals surface area contributed by atoms with E-state index in [1.165, 1.54) is 32.3 Å². The van der Waals surface area contributed by atoms with Crippen molar-refractivity contribution in [1.82, 2.24) is 5.32 Å². The Morgan fingerprint density at radius 2 is 0.640 bits per heavy atom. The molecule has 120 valence electrons. The van der Waals surface area contributed by atoms with E-state index in [1.807, 2.05) is 36.7 Å². The van der Waals surface area contributed by atoms with Gasteiger partial charge in [0.1, 0.15) is 0 Å². The summed E-state index contributed by atoms with van der Waals surface area (Å²) in [5.41, 5.74) is 0. The van der Waals surface area contributed by atoms with Gasteiger partial charge in [0, 0.05) is 12.4 Å². The van der Waals surface area contributed by atoms with Crippen LogP contribution in [0.3, 0.4) is 0 Å². The molecule has 0 saturated carbocycles. The van der Waals surface area contributed by atoms with E-state index in [0.29, 0.717) is 0 Å². The molecule has 0 aromatic heterocycles. The average Bonchev–Trinajstić information content (AvgIpc) is 3.02. The zero-order chi connectivity index (χ0) is 16.9. The molecule has 1 nitrogen and oxygen atoms in total. The Bertz CT molecular complexity index is 882. The highest BCUT2D eigenvalue weighted by Crippen LogP contribution is 2.34. The maximum absolute atomic E-state index is 2.92. The van der Waals surface area contributed by atoms with Gasteiger partial charge in [-0.15, -0.1) is 0 Å². The van der Waals surface area contributed by atoms with Gasteiger partial charge in [-0.25, -0.2) is 0 Å². The van der Waals surface area contributed by atoms with Crippen LogP contribution in [0.4, 0.5) is 0 Å². The van der Waals surface area contributed by atoms with E-state index in [0.717, 1.165) is 0 Å². The largest absolute Gasteiger partial charge is 0.368 e. The molecule has 25 heavy (non-hydrogen) atoms. The Labute approximate surface area is 147 Å². The third-order valence-corrected chi connectivity index (χ3v) is 4.37. The Balaban J connectivity index is 0.000000190. The normalized spacial score (nSPS) is 12.6. The van der Waals surface area contributed by atoms with Gasteiger partial charge in [0.15, 0.2) is 0 Å². The molecule has 1 aliphatic rings. The molecule has 0 atom stereocenters. The number of fused-ring (bicyclic) bond motifs is 6. The van der Waals surface area contributed by atoms with Crippen molar-refractivity contribution in [2.24, 2.45) is 0 Å². The molecule has 0 saturated heterocycles. The molecule has 1 heterocycles. The van der Waals surface area contributed by atoms with Crippen molar-refractivity contribution >= 4 is 32.3 Å². The molecule has 1 heteroatoms. The lowest BCUT2D eigenvalue weighted by molar-refractivity contribution is 1.20. The second kappa shape index (κ2) is 7.06. The summed E-state index contributed by atoms with van der Waals surface area (Å²) in [5, 5.41) is 11.0. The molecule has 5 rings (SSSR count). The molecule has 0 aliphatic carbocycles. The lowest BCUT2D eigenvalue weighted by Crippen LogP contribution is -1.87. The summed E-state index contributed by atoms with van der Waals surface area (Å²) in [7, 11) is 0. The molecule has 4 aromatic carbocycles. The number of hydrogen-bond donors (Lipinski definition) is 1. The van der Waals surface area contributed by atoms with Crippen molar-refractivity contribution in [2.45, 2.75) is 0 Å². The number of rotatable bonds is 0. The van der Waals surface area contributed by atoms with Gasteiger partial charge in [-0.1, -0.05) is 84.9 Å². The van der Waals surface area contributed by atoms with Crippen molar-refractivity contribution in [2.75, 3.05) is 0 Å². The van der Waals surface area contributed by atoms with Crippen LogP contribution in [0.5, 0.6) is 0 Å². The molecule has 1 aliphatic heterocycles. The highest BCUT2D eigenvalue weighted by molar-refractivity contribution is 6.25. The van der Waals surface area contributed by atoms with E-state index in [2.05, 4.69) is 78.1 Å². The standard InChI is InChI=1S/C18H12.C6H7N/c1-2-8-14-13(7-1)15-9-3-4-11-17(15)18-12-6-5-10-16(14)18;1-2-4-6-7-5-3-1/h1-12H;1-7H. The van der Waals surface area contributed by atoms with Crippen molar-refractivity contribution < 1.29 is 0 Å². The van der Waals surface area contributed by atoms with Crippen molar-refractivity contribution in [3.05, 3.63) is 110 Å². The van der Waals surface area contributed by atoms with Gasteiger partial charge < -0.3 is 5.32 Å². The van der Waals surface area contributed by atoms with Crippen molar-refractivity contribution in [3.8, 4) is 0 Å². The smallest absolute Gasteiger partial charge is 0.000442 e. The van der Waals surface area contributed by atoms with Crippen LogP contribution in [-0.4, -0.2) is 0 Å². The van der Waals surface area contributed by atoms with Crippen molar-refractivity contribution in [3.63, 3.8) is 0 Å². The summed E-state index contributed by atoms with van der Waals surface area (Å²) in [6, 6.07) is 26.0. The van der Waals surface area contributed by atoms with Crippen LogP contribution < -0.4 is 5.32 Å². The minimum atomic E-state index is 1.34. The van der Waals surface area contributed by atoms with E-state index in [1.54, 1.807) is 0 Å². The summed E-state index contributed by atoms with van der Waals surface area (Å²) >= 11 is 0. The first-order chi connectivity index (χ1) is 12.4. The molecule has 0 bridgehead atoms. The predicted octanol–water partition coefficient (Wildman–Crippen LogP) is 6.32. The second-order valence-electron chi connectivity index (χ2n) is 5.91. The topological polar surface area (TPSA) is 12.0 Å². The Kier molecular flexibility index (Phi) is 4.30. The van der Waals surface area contributed by atoms with Crippen LogP contribution in [0.15, 0.2) is 110 Å². The highest BCUT2D eigenvalue weighted by atomic mass is 14.8. The fraction of sp³-hybridized carbons (Fsp3) is 0. The molecular formula is C24H19N. The van der Waals surface area contributed by atoms with Gasteiger partial charge in [-0.2, -0.15) is 0 Å². The van der Waals surface area contributed by atoms with Gasteiger partial charge in [-0.05, 0) is 44.5 Å². The summed E-state index contributed by atoms with van der Waals surface area (Å²) in [4.78, 5) is 0. The summed E-state index contributed by atoms with van der Waals surface area (Å²) in [6.45, 7) is 0. The van der Waals surface area contributed by atoms with Crippen LogP contribution in [0.2, 0.25) is 0 Å². The maximum Gasteiger partial charge on any atom is 0.000442 e. The quantitative estimate of drug-likeness (QED) is 0.374. The zero-order valence-electron chi connectivity index (χ0n) is 13.9. The lowest BCUT2D eigenvalue weighted by atomic mass is 9.95. The third kappa shape index (κ3) is 3.05. The fourth-order valence-corrected chi connectivity index (χ4v) is 3.26. The first kappa shape index (κ1) is 15.2. The maximum atomic E-state index is 2.92. The number of allylic oxidation sites excluding steroid dienone is 4. The van der Waals surface area contributed by atoms with E-state index in [-0.39, 0.29) is 0 Å². The first-order valence-electron chi connectivity index (χ1n) is 8.48. The van der Waals surface area contributed by atoms with E-state index < -0.39 is 0 Å². The lowest BCUT2D eigenvalue weighted by Gasteiger charge is -2.09. The average molecular weight is 321 g/mol. The predicted molar refractivity (Wildman–Crippen MR) is 110 cm³/mol. The Hall–Kier alpha value is -3.32. The van der Waals surface area contributed by atoms with Crippen molar-refractivity contribution in [1.29, 1.82) is 0 Å². The Morgan fingerprint density at radius 3 is 0.920 bits per heavy atom. The summed E-state index contributed by atoms with van der Waals surface area (Å²) in [6.07, 6.45) is 11.6. The van der Waals surface area contributed by atoms with Gasteiger partial charge in [0.2, 0.25) is 0 Å². The minimum Gasteiger partial charge on any atom is -0.368 e. The van der Waals surface area contributed by atoms with E-state index >= 15 is 0 Å². The molecule has 0 fully saturated rings. The molecular weight excluding hydrogens is 302 g/mol. The van der Waals surface area contributed by atoms with E-state index in [4.69, 9.17) is 0 Å². The molecule has 4 aromatic rings. The fourth-order valence-electron chi connectivity index (χ4n) is 3.26. The van der Waals surface area contributed by atoms with Gasteiger partial charge in [0.05, 0.1) is 0 Å². The van der Waals surface area contributed by atoms with Gasteiger partial charge >= 0.3 is 0 Å². The number of hydrogen-bond acceptors (Lipinski definition) is 1. The monoisotopic (exact) mass is 321 g/mol. The summed E-state index contributed by atoms with van der Waals surface area (Å²) in [5.74, 6) is 0. The zero-order valence-corrected chi connectivity index (χ0v) is 13.9. The summed E-state index contributed by atoms with van der Waals surface area (Å²) < 4.78 is 0. The van der Waals surface area contributed by atoms with Gasteiger partial charge in [-0.3, -0.25) is 0 Å². The molecule has 0 radical (unpaired) electrons.